The molecule has 4 rings (SSSR count). The molecule has 0 bridgehead atoms. The molecule has 1 heterocycles. The molecule has 0 fully saturated rings. The van der Waals surface area contributed by atoms with Gasteiger partial charge in [0.25, 0.3) is 0 Å². The molecule has 3 aromatic carbocycles. The molecule has 0 saturated heterocycles. The van der Waals surface area contributed by atoms with Crippen LogP contribution in [0.15, 0.2) is 102 Å². The Balaban J connectivity index is 2.03. The molecular weight excluding hydrogens is 414 g/mol. The number of carbonyl (C=O) groups excluding carboxylic acids is 2. The summed E-state index contributed by atoms with van der Waals surface area (Å²) < 4.78 is 10.9. The monoisotopic (exact) mass is 441 g/mol. The van der Waals surface area contributed by atoms with Crippen LogP contribution < -0.4 is 4.90 Å². The molecule has 5 heteroatoms. The van der Waals surface area contributed by atoms with E-state index in [9.17, 15) is 9.59 Å². The molecule has 2 unspecified atom stereocenters. The average Bonchev–Trinajstić information content (AvgIpc) is 3.22. The second-order valence-corrected chi connectivity index (χ2v) is 7.64. The van der Waals surface area contributed by atoms with Crippen molar-refractivity contribution in [2.24, 2.45) is 0 Å². The number of rotatable bonds is 7. The molecule has 0 saturated carbocycles. The van der Waals surface area contributed by atoms with Gasteiger partial charge >= 0.3 is 11.9 Å². The van der Waals surface area contributed by atoms with Gasteiger partial charge in [0.1, 0.15) is 0 Å². The van der Waals surface area contributed by atoms with Crippen LogP contribution in [-0.2, 0) is 19.1 Å². The molecule has 1 aliphatic heterocycles. The van der Waals surface area contributed by atoms with Crippen LogP contribution in [-0.4, -0.2) is 25.2 Å². The van der Waals surface area contributed by atoms with E-state index in [1.165, 1.54) is 0 Å². The number of benzene rings is 3. The lowest BCUT2D eigenvalue weighted by Crippen LogP contribution is -2.30. The van der Waals surface area contributed by atoms with Crippen LogP contribution in [0.3, 0.4) is 0 Å². The third kappa shape index (κ3) is 4.40. The first-order valence-electron chi connectivity index (χ1n) is 11.2. The zero-order valence-electron chi connectivity index (χ0n) is 18.8. The van der Waals surface area contributed by atoms with Crippen molar-refractivity contribution in [2.45, 2.75) is 25.9 Å². The van der Waals surface area contributed by atoms with E-state index >= 15 is 0 Å². The Bertz CT molecular complexity index is 1050. The topological polar surface area (TPSA) is 55.8 Å². The summed E-state index contributed by atoms with van der Waals surface area (Å²) in [5.74, 6) is -1.01. The van der Waals surface area contributed by atoms with Crippen LogP contribution in [0, 0.1) is 0 Å². The van der Waals surface area contributed by atoms with Crippen LogP contribution in [0.5, 0.6) is 0 Å². The van der Waals surface area contributed by atoms with Crippen LogP contribution >= 0.6 is 0 Å². The fraction of sp³-hybridized carbons (Fsp3) is 0.214. The first kappa shape index (κ1) is 22.3. The zero-order valence-corrected chi connectivity index (χ0v) is 18.8. The largest absolute Gasteiger partial charge is 0.463 e. The van der Waals surface area contributed by atoms with Crippen LogP contribution in [0.25, 0.3) is 0 Å². The Hall–Kier alpha value is -3.86. The van der Waals surface area contributed by atoms with Crippen LogP contribution in [0.2, 0.25) is 0 Å². The highest BCUT2D eigenvalue weighted by molar-refractivity contribution is 6.05. The van der Waals surface area contributed by atoms with E-state index in [-0.39, 0.29) is 13.2 Å². The molecule has 2 atom stereocenters. The molecule has 0 N–H and O–H groups in total. The zero-order chi connectivity index (χ0) is 23.2. The van der Waals surface area contributed by atoms with Gasteiger partial charge in [-0.1, -0.05) is 78.9 Å². The number of ether oxygens (including phenoxy) is 2. The van der Waals surface area contributed by atoms with Gasteiger partial charge in [-0.3, -0.25) is 0 Å². The number of hydrogen-bond acceptors (Lipinski definition) is 5. The molecule has 5 nitrogen and oxygen atoms in total. The molecule has 0 spiro atoms. The van der Waals surface area contributed by atoms with E-state index in [1.54, 1.807) is 13.8 Å². The summed E-state index contributed by atoms with van der Waals surface area (Å²) >= 11 is 0. The second-order valence-electron chi connectivity index (χ2n) is 7.64. The lowest BCUT2D eigenvalue weighted by atomic mass is 9.95. The summed E-state index contributed by atoms with van der Waals surface area (Å²) in [6, 6.07) is 28.3. The quantitative estimate of drug-likeness (QED) is 0.459. The molecule has 3 aromatic rings. The Morgan fingerprint density at radius 1 is 0.636 bits per heavy atom. The summed E-state index contributed by atoms with van der Waals surface area (Å²) in [7, 11) is 0. The maximum absolute atomic E-state index is 13.4. The lowest BCUT2D eigenvalue weighted by Gasteiger charge is -2.34. The summed E-state index contributed by atoms with van der Waals surface area (Å²) in [6.45, 7) is 3.94. The van der Waals surface area contributed by atoms with Crippen molar-refractivity contribution in [1.82, 2.24) is 0 Å². The molecule has 0 aromatic heterocycles. The van der Waals surface area contributed by atoms with Gasteiger partial charge in [-0.15, -0.1) is 0 Å². The van der Waals surface area contributed by atoms with Gasteiger partial charge in [0.05, 0.1) is 36.4 Å². The summed E-state index contributed by atoms with van der Waals surface area (Å²) in [6.07, 6.45) is 0. The van der Waals surface area contributed by atoms with Crippen LogP contribution in [0.1, 0.15) is 37.1 Å². The third-order valence-corrected chi connectivity index (χ3v) is 5.67. The van der Waals surface area contributed by atoms with E-state index in [2.05, 4.69) is 4.90 Å². The van der Waals surface area contributed by atoms with E-state index in [0.717, 1.165) is 16.8 Å². The van der Waals surface area contributed by atoms with Gasteiger partial charge in [-0.2, -0.15) is 0 Å². The maximum Gasteiger partial charge on any atom is 0.337 e. The van der Waals surface area contributed by atoms with Crippen molar-refractivity contribution in [3.05, 3.63) is 113 Å². The smallest absolute Gasteiger partial charge is 0.337 e. The Labute approximate surface area is 194 Å². The molecule has 33 heavy (non-hydrogen) atoms. The third-order valence-electron chi connectivity index (χ3n) is 5.67. The van der Waals surface area contributed by atoms with Crippen molar-refractivity contribution in [3.63, 3.8) is 0 Å². The minimum Gasteiger partial charge on any atom is -0.463 e. The predicted octanol–water partition coefficient (Wildman–Crippen LogP) is 5.41. The number of nitrogens with zero attached hydrogens (tertiary/aromatic N) is 1. The van der Waals surface area contributed by atoms with Gasteiger partial charge in [0.2, 0.25) is 0 Å². The first-order chi connectivity index (χ1) is 16.2. The highest BCUT2D eigenvalue weighted by atomic mass is 16.5. The van der Waals surface area contributed by atoms with Gasteiger partial charge < -0.3 is 14.4 Å². The van der Waals surface area contributed by atoms with Crippen molar-refractivity contribution >= 4 is 17.6 Å². The van der Waals surface area contributed by atoms with Gasteiger partial charge in [-0.25, -0.2) is 9.59 Å². The molecule has 0 radical (unpaired) electrons. The number of hydrogen-bond donors (Lipinski definition) is 0. The van der Waals surface area contributed by atoms with Crippen molar-refractivity contribution in [2.75, 3.05) is 18.1 Å². The normalized spacial score (nSPS) is 17.7. The van der Waals surface area contributed by atoms with Gasteiger partial charge in [0, 0.05) is 5.69 Å². The van der Waals surface area contributed by atoms with E-state index in [1.807, 2.05) is 91.0 Å². The van der Waals surface area contributed by atoms with E-state index < -0.39 is 24.0 Å². The molecule has 0 aliphatic carbocycles. The summed E-state index contributed by atoms with van der Waals surface area (Å²) in [5.41, 5.74) is 3.31. The standard InChI is InChI=1S/C28H27NO4/c1-3-32-27(30)23-24(28(31)33-4-2)26(21-16-10-6-11-17-21)29(22-18-12-7-13-19-22)25(23)20-14-8-5-9-15-20/h5-19,25-26H,3-4H2,1-2H3. The van der Waals surface area contributed by atoms with Crippen molar-refractivity contribution in [1.29, 1.82) is 0 Å². The highest BCUT2D eigenvalue weighted by Gasteiger charge is 2.48. The maximum atomic E-state index is 13.4. The minimum atomic E-state index is -0.516. The Morgan fingerprint density at radius 3 is 1.36 bits per heavy atom. The van der Waals surface area contributed by atoms with Crippen LogP contribution in [0.4, 0.5) is 5.69 Å². The second kappa shape index (κ2) is 10.2. The lowest BCUT2D eigenvalue weighted by molar-refractivity contribution is -0.141. The fourth-order valence-electron chi connectivity index (χ4n) is 4.41. The number of anilines is 1. The SMILES string of the molecule is CCOC(=O)C1=C(C(=O)OCC)C(c2ccccc2)N(c2ccccc2)C1c1ccccc1. The average molecular weight is 442 g/mol. The highest BCUT2D eigenvalue weighted by Crippen LogP contribution is 2.51. The molecule has 0 amide bonds. The number of carbonyl (C=O) groups is 2. The van der Waals surface area contributed by atoms with E-state index in [0.29, 0.717) is 11.1 Å². The van der Waals surface area contributed by atoms with Crippen molar-refractivity contribution in [3.8, 4) is 0 Å². The summed E-state index contributed by atoms with van der Waals surface area (Å²) in [5, 5.41) is 0. The Kier molecular flexibility index (Phi) is 6.89. The van der Waals surface area contributed by atoms with Gasteiger partial charge in [0.15, 0.2) is 0 Å². The first-order valence-corrected chi connectivity index (χ1v) is 11.2. The molecule has 168 valence electrons. The molecule has 1 aliphatic rings. The minimum absolute atomic E-state index is 0.210. The summed E-state index contributed by atoms with van der Waals surface area (Å²) in [4.78, 5) is 28.9. The Morgan fingerprint density at radius 2 is 1.00 bits per heavy atom. The fourth-order valence-corrected chi connectivity index (χ4v) is 4.41. The number of esters is 2. The molecular formula is C28H27NO4. The van der Waals surface area contributed by atoms with Gasteiger partial charge in [-0.05, 0) is 37.1 Å². The predicted molar refractivity (Wildman–Crippen MR) is 128 cm³/mol. The van der Waals surface area contributed by atoms with Crippen molar-refractivity contribution < 1.29 is 19.1 Å². The van der Waals surface area contributed by atoms with E-state index in [4.69, 9.17) is 9.47 Å². The number of para-hydroxylation sites is 1.